The molecule has 2 heterocycles. The SMILES string of the molecule is CCOC(=O)[C@]12O[C@@]3(CCCC[C@]3(C)C1=O)[C@H]1C(=O)CCC[C@H]12. The Labute approximate surface area is 136 Å². The van der Waals surface area contributed by atoms with Gasteiger partial charge in [-0.05, 0) is 39.5 Å². The van der Waals surface area contributed by atoms with Gasteiger partial charge in [-0.1, -0.05) is 12.8 Å². The Morgan fingerprint density at radius 1 is 1.26 bits per heavy atom. The topological polar surface area (TPSA) is 69.7 Å². The number of fused-ring (bicyclic) bond motifs is 3. The molecule has 2 bridgehead atoms. The fourth-order valence-electron chi connectivity index (χ4n) is 5.96. The fourth-order valence-corrected chi connectivity index (χ4v) is 5.96. The van der Waals surface area contributed by atoms with Gasteiger partial charge in [0.05, 0.1) is 23.5 Å². The Bertz CT molecular complexity index is 598. The maximum atomic E-state index is 13.4. The summed E-state index contributed by atoms with van der Waals surface area (Å²) in [6.45, 7) is 3.86. The second-order valence-electron chi connectivity index (χ2n) is 7.76. The summed E-state index contributed by atoms with van der Waals surface area (Å²) in [7, 11) is 0. The van der Waals surface area contributed by atoms with Gasteiger partial charge in [0.15, 0.2) is 5.78 Å². The van der Waals surface area contributed by atoms with Gasteiger partial charge in [0.2, 0.25) is 5.60 Å². The van der Waals surface area contributed by atoms with Crippen LogP contribution in [0.3, 0.4) is 0 Å². The lowest BCUT2D eigenvalue weighted by Crippen LogP contribution is -2.64. The predicted octanol–water partition coefficient (Wildman–Crippen LogP) is 2.21. The lowest BCUT2D eigenvalue weighted by Gasteiger charge is -2.51. The summed E-state index contributed by atoms with van der Waals surface area (Å²) in [6, 6.07) is 0. The highest BCUT2D eigenvalue weighted by Crippen LogP contribution is 2.70. The van der Waals surface area contributed by atoms with Crippen LogP contribution in [-0.4, -0.2) is 35.3 Å². The minimum Gasteiger partial charge on any atom is -0.463 e. The zero-order valence-electron chi connectivity index (χ0n) is 13.9. The summed E-state index contributed by atoms with van der Waals surface area (Å²) in [5.41, 5.74) is -3.04. The van der Waals surface area contributed by atoms with Crippen molar-refractivity contribution in [2.45, 2.75) is 70.0 Å². The smallest absolute Gasteiger partial charge is 0.346 e. The van der Waals surface area contributed by atoms with Gasteiger partial charge < -0.3 is 9.47 Å². The second-order valence-corrected chi connectivity index (χ2v) is 7.76. The van der Waals surface area contributed by atoms with Gasteiger partial charge in [0.1, 0.15) is 5.78 Å². The summed E-state index contributed by atoms with van der Waals surface area (Å²) in [6.07, 6.45) is 5.24. The first kappa shape index (κ1) is 15.3. The molecule has 0 radical (unpaired) electrons. The minimum atomic E-state index is -1.53. The number of ether oxygens (including phenoxy) is 2. The predicted molar refractivity (Wildman–Crippen MR) is 80.6 cm³/mol. The molecule has 1 spiro atoms. The lowest BCUT2D eigenvalue weighted by atomic mass is 9.47. The molecular weight excluding hydrogens is 296 g/mol. The molecule has 5 heteroatoms. The van der Waals surface area contributed by atoms with Crippen LogP contribution >= 0.6 is 0 Å². The Morgan fingerprint density at radius 2 is 2.00 bits per heavy atom. The quantitative estimate of drug-likeness (QED) is 0.576. The highest BCUT2D eigenvalue weighted by molar-refractivity contribution is 6.15. The number of hydrogen-bond acceptors (Lipinski definition) is 5. The van der Waals surface area contributed by atoms with Crippen molar-refractivity contribution in [3.8, 4) is 0 Å². The van der Waals surface area contributed by atoms with Gasteiger partial charge in [0, 0.05) is 12.3 Å². The van der Waals surface area contributed by atoms with E-state index in [1.807, 2.05) is 6.92 Å². The zero-order chi connectivity index (χ0) is 16.5. The molecule has 2 aliphatic carbocycles. The number of Topliss-reactive ketones (excluding diaryl/α,β-unsaturated/α-hetero) is 2. The standard InChI is InChI=1S/C18H24O5/c1-3-22-15(21)18-11-7-6-8-12(19)13(11)17(23-18)10-5-4-9-16(17,2)14(18)20/h11,13H,3-10H2,1-2H3/t11-,13-,16-,17+,18-/m1/s1. The molecule has 4 aliphatic rings. The number of rotatable bonds is 2. The van der Waals surface area contributed by atoms with E-state index >= 15 is 0 Å². The van der Waals surface area contributed by atoms with Crippen LogP contribution in [0, 0.1) is 17.3 Å². The first-order valence-corrected chi connectivity index (χ1v) is 8.89. The third-order valence-corrected chi connectivity index (χ3v) is 6.88. The van der Waals surface area contributed by atoms with Gasteiger partial charge in [0.25, 0.3) is 0 Å². The van der Waals surface area contributed by atoms with Crippen LogP contribution in [0.2, 0.25) is 0 Å². The number of carbonyl (C=O) groups excluding carboxylic acids is 3. The van der Waals surface area contributed by atoms with Crippen molar-refractivity contribution in [3.05, 3.63) is 0 Å². The highest BCUT2D eigenvalue weighted by Gasteiger charge is 2.84. The molecule has 0 aromatic carbocycles. The fraction of sp³-hybridized carbons (Fsp3) is 0.833. The van der Waals surface area contributed by atoms with E-state index in [1.165, 1.54) is 0 Å². The normalized spacial score (nSPS) is 48.1. The van der Waals surface area contributed by atoms with E-state index < -0.39 is 22.6 Å². The Kier molecular flexibility index (Phi) is 3.10. The first-order valence-electron chi connectivity index (χ1n) is 8.89. The van der Waals surface area contributed by atoms with E-state index in [4.69, 9.17) is 9.47 Å². The lowest BCUT2D eigenvalue weighted by molar-refractivity contribution is -0.175. The maximum absolute atomic E-state index is 13.4. The van der Waals surface area contributed by atoms with Crippen LogP contribution in [0.5, 0.6) is 0 Å². The maximum Gasteiger partial charge on any atom is 0.346 e. The molecule has 2 saturated heterocycles. The van der Waals surface area contributed by atoms with Crippen LogP contribution in [0.25, 0.3) is 0 Å². The average Bonchev–Trinajstić information content (AvgIpc) is 2.94. The van der Waals surface area contributed by atoms with Crippen molar-refractivity contribution >= 4 is 17.5 Å². The molecule has 2 saturated carbocycles. The molecule has 0 amide bonds. The average molecular weight is 320 g/mol. The summed E-state index contributed by atoms with van der Waals surface area (Å²) >= 11 is 0. The summed E-state index contributed by atoms with van der Waals surface area (Å²) in [4.78, 5) is 38.9. The third-order valence-electron chi connectivity index (χ3n) is 6.88. The molecule has 4 fully saturated rings. The molecule has 0 aromatic heterocycles. The Hall–Kier alpha value is -1.23. The third kappa shape index (κ3) is 1.50. The summed E-state index contributed by atoms with van der Waals surface area (Å²) < 4.78 is 11.6. The molecule has 0 unspecified atom stereocenters. The molecule has 4 rings (SSSR count). The highest BCUT2D eigenvalue weighted by atomic mass is 16.6. The number of carbonyl (C=O) groups is 3. The second kappa shape index (κ2) is 4.65. The van der Waals surface area contributed by atoms with Crippen molar-refractivity contribution in [1.82, 2.24) is 0 Å². The van der Waals surface area contributed by atoms with Crippen molar-refractivity contribution in [2.24, 2.45) is 17.3 Å². The molecule has 5 nitrogen and oxygen atoms in total. The van der Waals surface area contributed by atoms with E-state index in [2.05, 4.69) is 0 Å². The van der Waals surface area contributed by atoms with Gasteiger partial charge in [-0.15, -0.1) is 0 Å². The van der Waals surface area contributed by atoms with Crippen LogP contribution in [0.15, 0.2) is 0 Å². The molecule has 5 atom stereocenters. The zero-order valence-corrected chi connectivity index (χ0v) is 13.9. The van der Waals surface area contributed by atoms with E-state index in [0.717, 1.165) is 19.3 Å². The molecule has 0 N–H and O–H groups in total. The number of ketones is 2. The van der Waals surface area contributed by atoms with Crippen molar-refractivity contribution in [1.29, 1.82) is 0 Å². The van der Waals surface area contributed by atoms with Crippen LogP contribution in [0.4, 0.5) is 0 Å². The molecule has 2 aliphatic heterocycles. The van der Waals surface area contributed by atoms with Crippen molar-refractivity contribution in [3.63, 3.8) is 0 Å². The van der Waals surface area contributed by atoms with Crippen LogP contribution < -0.4 is 0 Å². The van der Waals surface area contributed by atoms with Crippen molar-refractivity contribution < 1.29 is 23.9 Å². The van der Waals surface area contributed by atoms with Crippen LogP contribution in [0.1, 0.15) is 58.8 Å². The Balaban J connectivity index is 1.91. The van der Waals surface area contributed by atoms with Crippen molar-refractivity contribution in [2.75, 3.05) is 6.61 Å². The molecule has 126 valence electrons. The summed E-state index contributed by atoms with van der Waals surface area (Å²) in [5.74, 6) is -1.17. The minimum absolute atomic E-state index is 0.126. The first-order chi connectivity index (χ1) is 10.9. The van der Waals surface area contributed by atoms with E-state index in [-0.39, 0.29) is 30.0 Å². The molecule has 23 heavy (non-hydrogen) atoms. The van der Waals surface area contributed by atoms with E-state index in [0.29, 0.717) is 25.7 Å². The Morgan fingerprint density at radius 3 is 2.74 bits per heavy atom. The van der Waals surface area contributed by atoms with Gasteiger partial charge in [-0.25, -0.2) is 4.79 Å². The van der Waals surface area contributed by atoms with Gasteiger partial charge in [-0.2, -0.15) is 0 Å². The number of esters is 1. The summed E-state index contributed by atoms with van der Waals surface area (Å²) in [5, 5.41) is 0. The monoisotopic (exact) mass is 320 g/mol. The van der Waals surface area contributed by atoms with Crippen LogP contribution in [-0.2, 0) is 23.9 Å². The van der Waals surface area contributed by atoms with Gasteiger partial charge >= 0.3 is 5.97 Å². The number of hydrogen-bond donors (Lipinski definition) is 0. The molecule has 0 aromatic rings. The molecular formula is C18H24O5. The van der Waals surface area contributed by atoms with E-state index in [9.17, 15) is 14.4 Å². The van der Waals surface area contributed by atoms with E-state index in [1.54, 1.807) is 6.92 Å². The van der Waals surface area contributed by atoms with Gasteiger partial charge in [-0.3, -0.25) is 9.59 Å². The largest absolute Gasteiger partial charge is 0.463 e.